The first-order valence-electron chi connectivity index (χ1n) is 9.19. The zero-order valence-corrected chi connectivity index (χ0v) is 15.5. The number of amides is 2. The normalized spacial score (nSPS) is 18.3. The number of hydrogen-bond acceptors (Lipinski definition) is 3. The number of hydrogen-bond donors (Lipinski definition) is 1. The molecule has 1 saturated heterocycles. The van der Waals surface area contributed by atoms with Crippen LogP contribution in [-0.4, -0.2) is 45.9 Å². The summed E-state index contributed by atoms with van der Waals surface area (Å²) in [4.78, 5) is 30.9. The molecule has 0 bridgehead atoms. The monoisotopic (exact) mass is 352 g/mol. The van der Waals surface area contributed by atoms with Gasteiger partial charge >= 0.3 is 0 Å². The Labute approximate surface area is 152 Å². The van der Waals surface area contributed by atoms with Crippen molar-refractivity contribution >= 4 is 28.4 Å². The van der Waals surface area contributed by atoms with Gasteiger partial charge in [0, 0.05) is 25.7 Å². The number of benzene rings is 1. The number of nitrogens with one attached hydrogen (secondary N) is 1. The molecule has 2 fully saturated rings. The predicted octanol–water partition coefficient (Wildman–Crippen LogP) is 2.45. The Balaban J connectivity index is 1.82. The van der Waals surface area contributed by atoms with E-state index in [-0.39, 0.29) is 18.4 Å². The second-order valence-corrected chi connectivity index (χ2v) is 7.25. The standard InChI is InChI=1S/C20H24N4O2/c1-4-12(2)15-9-14(13-5-6-13)10-16-18(15)22-19(23(16)3)20(26)24-8-7-21-17(25)11-24/h4,9-10,13H,5-8,11H2,1-3H3,(H,21,25)/b12-4-. The van der Waals surface area contributed by atoms with E-state index < -0.39 is 0 Å². The van der Waals surface area contributed by atoms with E-state index in [1.54, 1.807) is 4.90 Å². The van der Waals surface area contributed by atoms with Crippen LogP contribution < -0.4 is 5.32 Å². The molecule has 0 radical (unpaired) electrons. The molecule has 2 heterocycles. The lowest BCUT2D eigenvalue weighted by atomic mass is 10.00. The molecule has 1 N–H and O–H groups in total. The van der Waals surface area contributed by atoms with Crippen LogP contribution in [0.1, 0.15) is 54.4 Å². The first-order chi connectivity index (χ1) is 12.5. The van der Waals surface area contributed by atoms with E-state index in [2.05, 4.69) is 30.4 Å². The van der Waals surface area contributed by atoms with E-state index >= 15 is 0 Å². The third-order valence-electron chi connectivity index (χ3n) is 5.43. The minimum Gasteiger partial charge on any atom is -0.353 e. The van der Waals surface area contributed by atoms with Crippen molar-refractivity contribution in [2.75, 3.05) is 19.6 Å². The van der Waals surface area contributed by atoms with Crippen LogP contribution in [0.5, 0.6) is 0 Å². The Morgan fingerprint density at radius 3 is 2.77 bits per heavy atom. The third-order valence-corrected chi connectivity index (χ3v) is 5.43. The van der Waals surface area contributed by atoms with Crippen LogP contribution in [0.15, 0.2) is 18.2 Å². The van der Waals surface area contributed by atoms with Gasteiger partial charge in [0.1, 0.15) is 6.54 Å². The van der Waals surface area contributed by atoms with Crippen LogP contribution in [0.2, 0.25) is 0 Å². The van der Waals surface area contributed by atoms with E-state index in [0.717, 1.165) is 22.2 Å². The molecule has 4 rings (SSSR count). The summed E-state index contributed by atoms with van der Waals surface area (Å²) >= 11 is 0. The van der Waals surface area contributed by atoms with Crippen molar-refractivity contribution in [3.8, 4) is 0 Å². The molecule has 1 aliphatic heterocycles. The molecule has 1 aromatic heterocycles. The number of nitrogens with zero attached hydrogens (tertiary/aromatic N) is 3. The summed E-state index contributed by atoms with van der Waals surface area (Å²) in [7, 11) is 1.89. The average Bonchev–Trinajstić information content (AvgIpc) is 3.44. The number of aromatic nitrogens is 2. The first-order valence-corrected chi connectivity index (χ1v) is 9.19. The topological polar surface area (TPSA) is 67.2 Å². The van der Waals surface area contributed by atoms with Crippen LogP contribution in [-0.2, 0) is 11.8 Å². The molecule has 136 valence electrons. The fraction of sp³-hybridized carbons (Fsp3) is 0.450. The van der Waals surface area contributed by atoms with Crippen molar-refractivity contribution in [2.45, 2.75) is 32.6 Å². The summed E-state index contributed by atoms with van der Waals surface area (Å²) in [5, 5.41) is 2.75. The molecular formula is C20H24N4O2. The van der Waals surface area contributed by atoms with Gasteiger partial charge in [0.2, 0.25) is 5.91 Å². The van der Waals surface area contributed by atoms with Gasteiger partial charge in [0.15, 0.2) is 5.82 Å². The Morgan fingerprint density at radius 1 is 1.35 bits per heavy atom. The van der Waals surface area contributed by atoms with E-state index in [0.29, 0.717) is 24.8 Å². The Morgan fingerprint density at radius 2 is 2.12 bits per heavy atom. The summed E-state index contributed by atoms with van der Waals surface area (Å²) in [6, 6.07) is 4.40. The number of carbonyl (C=O) groups is 2. The smallest absolute Gasteiger partial charge is 0.290 e. The third kappa shape index (κ3) is 2.79. The number of aryl methyl sites for hydroxylation is 1. The highest BCUT2D eigenvalue weighted by Gasteiger charge is 2.29. The van der Waals surface area contributed by atoms with Crippen LogP contribution in [0.3, 0.4) is 0 Å². The lowest BCUT2D eigenvalue weighted by Crippen LogP contribution is -2.50. The number of imidazole rings is 1. The molecule has 1 aromatic carbocycles. The van der Waals surface area contributed by atoms with Crippen LogP contribution >= 0.6 is 0 Å². The maximum atomic E-state index is 13.0. The Kier molecular flexibility index (Phi) is 4.05. The maximum Gasteiger partial charge on any atom is 0.290 e. The van der Waals surface area contributed by atoms with Crippen LogP contribution in [0, 0.1) is 0 Å². The number of fused-ring (bicyclic) bond motifs is 1. The molecule has 2 aromatic rings. The molecule has 0 unspecified atom stereocenters. The van der Waals surface area contributed by atoms with Gasteiger partial charge in [-0.25, -0.2) is 4.98 Å². The first kappa shape index (κ1) is 16.8. The molecule has 6 heteroatoms. The van der Waals surface area contributed by atoms with Gasteiger partial charge in [-0.15, -0.1) is 0 Å². The lowest BCUT2D eigenvalue weighted by molar-refractivity contribution is -0.123. The van der Waals surface area contributed by atoms with Gasteiger partial charge < -0.3 is 14.8 Å². The Bertz CT molecular complexity index is 937. The largest absolute Gasteiger partial charge is 0.353 e. The molecular weight excluding hydrogens is 328 g/mol. The van der Waals surface area contributed by atoms with E-state index in [1.165, 1.54) is 18.4 Å². The van der Waals surface area contributed by atoms with Gasteiger partial charge in [-0.05, 0) is 55.9 Å². The fourth-order valence-electron chi connectivity index (χ4n) is 3.56. The summed E-state index contributed by atoms with van der Waals surface area (Å²) < 4.78 is 1.88. The highest BCUT2D eigenvalue weighted by atomic mass is 16.2. The lowest BCUT2D eigenvalue weighted by Gasteiger charge is -2.26. The number of rotatable bonds is 3. The molecule has 2 amide bonds. The second kappa shape index (κ2) is 6.27. The Hall–Kier alpha value is -2.63. The summed E-state index contributed by atoms with van der Waals surface area (Å²) in [5.74, 6) is 0.718. The van der Waals surface area contributed by atoms with Crippen molar-refractivity contribution in [3.63, 3.8) is 0 Å². The van der Waals surface area contributed by atoms with Crippen molar-refractivity contribution in [3.05, 3.63) is 35.2 Å². The van der Waals surface area contributed by atoms with Gasteiger partial charge in [-0.1, -0.05) is 6.08 Å². The number of allylic oxidation sites excluding steroid dienone is 2. The SMILES string of the molecule is C/C=C(/C)c1cc(C2CC2)cc2c1nc(C(=O)N1CCNC(=O)C1)n2C. The van der Waals surface area contributed by atoms with E-state index in [1.807, 2.05) is 18.5 Å². The molecule has 2 aliphatic rings. The molecule has 0 atom stereocenters. The van der Waals surface area contributed by atoms with Crippen LogP contribution in [0.4, 0.5) is 0 Å². The van der Waals surface area contributed by atoms with Gasteiger partial charge in [0.25, 0.3) is 5.91 Å². The molecule has 1 aliphatic carbocycles. The van der Waals surface area contributed by atoms with Crippen molar-refractivity contribution in [1.29, 1.82) is 0 Å². The molecule has 1 saturated carbocycles. The summed E-state index contributed by atoms with van der Waals surface area (Å²) in [5.41, 5.74) is 5.42. The van der Waals surface area contributed by atoms with Crippen molar-refractivity contribution in [2.24, 2.45) is 7.05 Å². The van der Waals surface area contributed by atoms with Gasteiger partial charge in [0.05, 0.1) is 11.0 Å². The minimum absolute atomic E-state index is 0.0934. The molecule has 6 nitrogen and oxygen atoms in total. The zero-order valence-electron chi connectivity index (χ0n) is 15.5. The highest BCUT2D eigenvalue weighted by Crippen LogP contribution is 2.42. The fourth-order valence-corrected chi connectivity index (χ4v) is 3.56. The second-order valence-electron chi connectivity index (χ2n) is 7.25. The summed E-state index contributed by atoms with van der Waals surface area (Å²) in [6.07, 6.45) is 4.54. The molecule has 26 heavy (non-hydrogen) atoms. The maximum absolute atomic E-state index is 13.0. The van der Waals surface area contributed by atoms with Crippen molar-refractivity contribution in [1.82, 2.24) is 19.8 Å². The average molecular weight is 352 g/mol. The quantitative estimate of drug-likeness (QED) is 0.923. The minimum atomic E-state index is -0.185. The van der Waals surface area contributed by atoms with Gasteiger partial charge in [-0.2, -0.15) is 0 Å². The number of piperazine rings is 1. The highest BCUT2D eigenvalue weighted by molar-refractivity contribution is 5.99. The van der Waals surface area contributed by atoms with Crippen LogP contribution in [0.25, 0.3) is 16.6 Å². The molecule has 0 spiro atoms. The van der Waals surface area contributed by atoms with E-state index in [4.69, 9.17) is 4.98 Å². The van der Waals surface area contributed by atoms with Crippen molar-refractivity contribution < 1.29 is 9.59 Å². The predicted molar refractivity (Wildman–Crippen MR) is 101 cm³/mol. The van der Waals surface area contributed by atoms with Gasteiger partial charge in [-0.3, -0.25) is 9.59 Å². The summed E-state index contributed by atoms with van der Waals surface area (Å²) in [6.45, 7) is 5.20. The van der Waals surface area contributed by atoms with E-state index in [9.17, 15) is 9.59 Å². The zero-order chi connectivity index (χ0) is 18.4. The number of carbonyl (C=O) groups excluding carboxylic acids is 2.